The van der Waals surface area contributed by atoms with Crippen LogP contribution in [-0.2, 0) is 9.84 Å². The molecule has 12 heteroatoms. The van der Waals surface area contributed by atoms with E-state index in [0.717, 1.165) is 12.4 Å². The van der Waals surface area contributed by atoms with E-state index in [4.69, 9.17) is 4.74 Å². The van der Waals surface area contributed by atoms with Gasteiger partial charge in [0.25, 0.3) is 5.95 Å². The van der Waals surface area contributed by atoms with Crippen molar-refractivity contribution in [3.05, 3.63) is 60.3 Å². The maximum atomic E-state index is 13.5. The largest absolute Gasteiger partial charge is 0.461 e. The molecule has 1 aliphatic heterocycles. The Morgan fingerprint density at radius 3 is 2.56 bits per heavy atom. The number of nitrogens with zero attached hydrogens (tertiary/aromatic N) is 5. The van der Waals surface area contributed by atoms with Crippen LogP contribution in [0.1, 0.15) is 30.6 Å². The minimum absolute atomic E-state index is 0.0389. The molecule has 0 N–H and O–H groups in total. The second kappa shape index (κ2) is 8.70. The van der Waals surface area contributed by atoms with Gasteiger partial charge in [0.2, 0.25) is 6.36 Å². The lowest BCUT2D eigenvalue weighted by atomic mass is 9.86. The number of ether oxygens (including phenoxy) is 1. The molecule has 0 bridgehead atoms. The number of Topliss-reactive ketones (excluding diaryl/α,β-unsaturated/α-hetero) is 1. The molecule has 0 spiro atoms. The highest BCUT2D eigenvalue weighted by Gasteiger charge is 2.45. The van der Waals surface area contributed by atoms with Crippen LogP contribution in [-0.4, -0.2) is 56.8 Å². The second-order valence-corrected chi connectivity index (χ2v) is 11.2. The number of hydrogen-bond acceptors (Lipinski definition) is 8. The number of benzene rings is 1. The lowest BCUT2D eigenvalue weighted by Gasteiger charge is -2.37. The molecule has 5 rings (SSSR count). The quantitative estimate of drug-likeness (QED) is 0.343. The smallest absolute Gasteiger partial charge is 0.251 e. The molecule has 4 heterocycles. The average molecular weight is 514 g/mol. The van der Waals surface area contributed by atoms with Crippen molar-refractivity contribution in [3.63, 3.8) is 0 Å². The van der Waals surface area contributed by atoms with Gasteiger partial charge in [-0.2, -0.15) is 9.78 Å². The van der Waals surface area contributed by atoms with E-state index >= 15 is 0 Å². The first-order chi connectivity index (χ1) is 17.0. The molecular weight excluding hydrogens is 492 g/mol. The van der Waals surface area contributed by atoms with Crippen LogP contribution in [0.25, 0.3) is 28.2 Å². The summed E-state index contributed by atoms with van der Waals surface area (Å²) in [5, 5.41) is 4.57. The van der Waals surface area contributed by atoms with Crippen LogP contribution >= 0.6 is 0 Å². The van der Waals surface area contributed by atoms with Gasteiger partial charge >= 0.3 is 0 Å². The van der Waals surface area contributed by atoms with Gasteiger partial charge in [0, 0.05) is 36.1 Å². The van der Waals surface area contributed by atoms with E-state index < -0.39 is 27.4 Å². The highest BCUT2D eigenvalue weighted by Crippen LogP contribution is 2.37. The highest BCUT2D eigenvalue weighted by molar-refractivity contribution is 7.92. The van der Waals surface area contributed by atoms with Crippen LogP contribution in [0, 0.1) is 11.2 Å². The number of aromatic nitrogens is 5. The van der Waals surface area contributed by atoms with Gasteiger partial charge in [0.15, 0.2) is 21.4 Å². The Hall–Kier alpha value is -3.80. The average Bonchev–Trinajstić information content (AvgIpc) is 3.16. The Bertz CT molecular complexity index is 1570. The Kier molecular flexibility index (Phi) is 5.78. The molecule has 1 saturated heterocycles. The van der Waals surface area contributed by atoms with E-state index in [9.17, 15) is 22.0 Å². The van der Waals surface area contributed by atoms with Crippen LogP contribution in [0.5, 0.6) is 5.75 Å². The molecule has 0 radical (unpaired) electrons. The van der Waals surface area contributed by atoms with Crippen molar-refractivity contribution in [2.75, 3.05) is 11.5 Å². The number of hydrogen-bond donors (Lipinski definition) is 0. The first-order valence-corrected chi connectivity index (χ1v) is 12.9. The Morgan fingerprint density at radius 2 is 1.89 bits per heavy atom. The van der Waals surface area contributed by atoms with Crippen LogP contribution < -0.4 is 4.74 Å². The lowest BCUT2D eigenvalue weighted by Crippen LogP contribution is -2.47. The molecule has 0 amide bonds. The SMILES string of the molecule is CC(F)Oc1cccc(-c2nn(-c3ncc(F)cn3)c3cc(C(=O)CC4(C)CS(=O)(=O)C4)cnc23)c1. The zero-order chi connectivity index (χ0) is 25.7. The van der Waals surface area contributed by atoms with E-state index in [1.165, 1.54) is 17.8 Å². The molecule has 1 atom stereocenters. The van der Waals surface area contributed by atoms with Crippen molar-refractivity contribution in [1.29, 1.82) is 0 Å². The first-order valence-electron chi connectivity index (χ1n) is 11.0. The Morgan fingerprint density at radius 1 is 1.17 bits per heavy atom. The molecule has 0 saturated carbocycles. The number of pyridine rings is 1. The number of rotatable bonds is 7. The van der Waals surface area contributed by atoms with Gasteiger partial charge in [-0.15, -0.1) is 0 Å². The molecule has 4 aromatic rings. The fourth-order valence-corrected chi connectivity index (χ4v) is 6.67. The van der Waals surface area contributed by atoms with Gasteiger partial charge in [0.1, 0.15) is 17.0 Å². The van der Waals surface area contributed by atoms with Crippen LogP contribution in [0.2, 0.25) is 0 Å². The van der Waals surface area contributed by atoms with Crippen molar-refractivity contribution in [1.82, 2.24) is 24.7 Å². The van der Waals surface area contributed by atoms with E-state index in [0.29, 0.717) is 28.0 Å². The summed E-state index contributed by atoms with van der Waals surface area (Å²) in [6, 6.07) is 8.21. The molecule has 1 aromatic carbocycles. The molecule has 36 heavy (non-hydrogen) atoms. The lowest BCUT2D eigenvalue weighted by molar-refractivity contribution is 0.0860. The van der Waals surface area contributed by atoms with Crippen molar-refractivity contribution in [2.24, 2.45) is 5.41 Å². The monoisotopic (exact) mass is 513 g/mol. The van der Waals surface area contributed by atoms with Gasteiger partial charge < -0.3 is 4.74 Å². The molecule has 186 valence electrons. The number of sulfone groups is 1. The molecule has 0 aliphatic carbocycles. The summed E-state index contributed by atoms with van der Waals surface area (Å²) in [5.41, 5.74) is 1.40. The van der Waals surface area contributed by atoms with Gasteiger partial charge in [-0.25, -0.2) is 27.2 Å². The third kappa shape index (κ3) is 4.68. The third-order valence-corrected chi connectivity index (χ3v) is 8.04. The minimum atomic E-state index is -3.10. The number of fused-ring (bicyclic) bond motifs is 1. The van der Waals surface area contributed by atoms with E-state index in [-0.39, 0.29) is 35.2 Å². The van der Waals surface area contributed by atoms with Gasteiger partial charge in [-0.1, -0.05) is 19.1 Å². The summed E-state index contributed by atoms with van der Waals surface area (Å²) in [6.07, 6.45) is 1.93. The van der Waals surface area contributed by atoms with Gasteiger partial charge in [-0.05, 0) is 18.2 Å². The molecule has 1 fully saturated rings. The van der Waals surface area contributed by atoms with Crippen molar-refractivity contribution in [3.8, 4) is 23.0 Å². The van der Waals surface area contributed by atoms with Crippen molar-refractivity contribution in [2.45, 2.75) is 26.6 Å². The number of carbonyl (C=O) groups excluding carboxylic acids is 1. The molecule has 9 nitrogen and oxygen atoms in total. The topological polar surface area (TPSA) is 117 Å². The summed E-state index contributed by atoms with van der Waals surface area (Å²) in [5.74, 6) is -0.618. The van der Waals surface area contributed by atoms with Crippen LogP contribution in [0.4, 0.5) is 8.78 Å². The summed E-state index contributed by atoms with van der Waals surface area (Å²) in [6.45, 7) is 3.03. The van der Waals surface area contributed by atoms with Gasteiger partial charge in [0.05, 0.1) is 29.4 Å². The Balaban J connectivity index is 1.59. The molecular formula is C24H21F2N5O4S. The van der Waals surface area contributed by atoms with E-state index in [2.05, 4.69) is 20.1 Å². The maximum absolute atomic E-state index is 13.5. The summed E-state index contributed by atoms with van der Waals surface area (Å²) in [7, 11) is -3.10. The molecule has 3 aromatic heterocycles. The third-order valence-electron chi connectivity index (χ3n) is 5.77. The van der Waals surface area contributed by atoms with Crippen molar-refractivity contribution >= 4 is 26.7 Å². The number of alkyl halides is 1. The highest BCUT2D eigenvalue weighted by atomic mass is 32.2. The van der Waals surface area contributed by atoms with E-state index in [1.807, 2.05) is 0 Å². The fourth-order valence-electron chi connectivity index (χ4n) is 4.43. The number of halogens is 2. The fraction of sp³-hybridized carbons (Fsp3) is 0.292. The standard InChI is InChI=1S/C24H21F2N5O4S/c1-14(25)35-18-5-3-4-15(6-18)21-22-19(31(30-21)23-28-10-17(26)11-29-23)7-16(9-27-22)20(32)8-24(2)12-36(33,34)13-24/h3-7,9-11,14H,8,12-13H2,1-2H3. The van der Waals surface area contributed by atoms with E-state index in [1.54, 1.807) is 37.3 Å². The predicted molar refractivity (Wildman–Crippen MR) is 127 cm³/mol. The molecule has 1 aliphatic rings. The number of ketones is 1. The maximum Gasteiger partial charge on any atom is 0.251 e. The Labute approximate surface area is 205 Å². The summed E-state index contributed by atoms with van der Waals surface area (Å²) >= 11 is 0. The van der Waals surface area contributed by atoms with Crippen LogP contribution in [0.3, 0.4) is 0 Å². The first kappa shape index (κ1) is 23.9. The second-order valence-electron chi connectivity index (χ2n) is 9.18. The van der Waals surface area contributed by atoms with Crippen LogP contribution in [0.15, 0.2) is 48.9 Å². The zero-order valence-electron chi connectivity index (χ0n) is 19.4. The molecule has 1 unspecified atom stereocenters. The minimum Gasteiger partial charge on any atom is -0.461 e. The predicted octanol–water partition coefficient (Wildman–Crippen LogP) is 3.72. The van der Waals surface area contributed by atoms with Gasteiger partial charge in [-0.3, -0.25) is 9.78 Å². The summed E-state index contributed by atoms with van der Waals surface area (Å²) in [4.78, 5) is 25.5. The normalized spacial score (nSPS) is 16.9. The van der Waals surface area contributed by atoms with Crippen molar-refractivity contribution < 1.29 is 26.7 Å². The summed E-state index contributed by atoms with van der Waals surface area (Å²) < 4.78 is 56.6. The number of carbonyl (C=O) groups is 1. The zero-order valence-corrected chi connectivity index (χ0v) is 20.2.